The molecule has 0 bridgehead atoms. The minimum absolute atomic E-state index is 0.221. The van der Waals surface area contributed by atoms with Crippen molar-refractivity contribution in [3.8, 4) is 5.88 Å². The Balaban J connectivity index is 1.30. The van der Waals surface area contributed by atoms with Gasteiger partial charge < -0.3 is 9.57 Å². The molecule has 4 aromatic rings. The number of benzene rings is 2. The fourth-order valence-electron chi connectivity index (χ4n) is 2.96. The Labute approximate surface area is 186 Å². The predicted molar refractivity (Wildman–Crippen MR) is 120 cm³/mol. The lowest BCUT2D eigenvalue weighted by Crippen LogP contribution is -2.10. The van der Waals surface area contributed by atoms with E-state index in [1.165, 1.54) is 5.56 Å². The van der Waals surface area contributed by atoms with Crippen LogP contribution in [0.4, 0.5) is 0 Å². The fraction of sp³-hybridized carbons (Fsp3) is 0.208. The highest BCUT2D eigenvalue weighted by Gasteiger charge is 2.09. The fourth-order valence-corrected chi connectivity index (χ4v) is 2.96. The van der Waals surface area contributed by atoms with Crippen molar-refractivity contribution in [1.29, 1.82) is 0 Å². The van der Waals surface area contributed by atoms with Crippen LogP contribution in [0.3, 0.4) is 0 Å². The SMILES string of the molecule is C/C(=N\OCc1ccc(C)cc1)c1ccc(OCc2nnnn2Cc2ccccc2)nc1. The summed E-state index contributed by atoms with van der Waals surface area (Å²) in [6.07, 6.45) is 1.70. The average molecular weight is 428 g/mol. The van der Waals surface area contributed by atoms with Gasteiger partial charge in [-0.3, -0.25) is 0 Å². The van der Waals surface area contributed by atoms with Crippen LogP contribution in [0.5, 0.6) is 5.88 Å². The largest absolute Gasteiger partial charge is 0.469 e. The molecule has 0 unspecified atom stereocenters. The Morgan fingerprint density at radius 2 is 1.75 bits per heavy atom. The lowest BCUT2D eigenvalue weighted by Gasteiger charge is -2.07. The van der Waals surface area contributed by atoms with Crippen molar-refractivity contribution in [2.45, 2.75) is 33.6 Å². The summed E-state index contributed by atoms with van der Waals surface area (Å²) in [5.74, 6) is 1.11. The molecule has 2 aromatic carbocycles. The number of hydrogen-bond acceptors (Lipinski definition) is 7. The Kier molecular flexibility index (Phi) is 6.81. The van der Waals surface area contributed by atoms with E-state index in [0.717, 1.165) is 22.4 Å². The number of hydrogen-bond donors (Lipinski definition) is 0. The molecule has 0 saturated heterocycles. The Bertz CT molecular complexity index is 1160. The maximum absolute atomic E-state index is 5.77. The van der Waals surface area contributed by atoms with Crippen molar-refractivity contribution < 1.29 is 9.57 Å². The number of nitrogens with zero attached hydrogens (tertiary/aromatic N) is 6. The van der Waals surface area contributed by atoms with Gasteiger partial charge in [0.2, 0.25) is 5.88 Å². The van der Waals surface area contributed by atoms with Gasteiger partial charge >= 0.3 is 0 Å². The number of aromatic nitrogens is 5. The normalized spacial score (nSPS) is 11.4. The van der Waals surface area contributed by atoms with Crippen molar-refractivity contribution >= 4 is 5.71 Å². The highest BCUT2D eigenvalue weighted by Crippen LogP contribution is 2.12. The molecule has 0 spiro atoms. The molecule has 8 nitrogen and oxygen atoms in total. The summed E-state index contributed by atoms with van der Waals surface area (Å²) < 4.78 is 7.48. The first-order valence-corrected chi connectivity index (χ1v) is 10.3. The van der Waals surface area contributed by atoms with Crippen LogP contribution in [-0.2, 0) is 24.6 Å². The molecule has 0 aliphatic carbocycles. The number of ether oxygens (including phenoxy) is 1. The number of aryl methyl sites for hydroxylation is 1. The molecule has 0 radical (unpaired) electrons. The van der Waals surface area contributed by atoms with Crippen molar-refractivity contribution in [3.63, 3.8) is 0 Å². The van der Waals surface area contributed by atoms with Crippen LogP contribution in [0, 0.1) is 6.92 Å². The van der Waals surface area contributed by atoms with E-state index in [2.05, 4.69) is 44.7 Å². The van der Waals surface area contributed by atoms with E-state index >= 15 is 0 Å². The highest BCUT2D eigenvalue weighted by molar-refractivity contribution is 5.98. The third-order valence-corrected chi connectivity index (χ3v) is 4.84. The number of pyridine rings is 1. The lowest BCUT2D eigenvalue weighted by molar-refractivity contribution is 0.130. The molecule has 2 heterocycles. The van der Waals surface area contributed by atoms with E-state index in [1.54, 1.807) is 16.9 Å². The second-order valence-electron chi connectivity index (χ2n) is 7.35. The molecule has 0 aliphatic heterocycles. The van der Waals surface area contributed by atoms with Gasteiger partial charge in [-0.1, -0.05) is 65.3 Å². The molecule has 32 heavy (non-hydrogen) atoms. The Morgan fingerprint density at radius 3 is 2.50 bits per heavy atom. The quantitative estimate of drug-likeness (QED) is 0.296. The Hall–Kier alpha value is -4.07. The van der Waals surface area contributed by atoms with Gasteiger partial charge in [0.05, 0.1) is 12.3 Å². The third-order valence-electron chi connectivity index (χ3n) is 4.84. The molecule has 0 N–H and O–H groups in total. The van der Waals surface area contributed by atoms with Gasteiger partial charge in [0.25, 0.3) is 0 Å². The van der Waals surface area contributed by atoms with Crippen LogP contribution < -0.4 is 4.74 Å². The van der Waals surface area contributed by atoms with Crippen molar-refractivity contribution in [1.82, 2.24) is 25.2 Å². The zero-order valence-corrected chi connectivity index (χ0v) is 18.0. The molecule has 0 saturated carbocycles. The monoisotopic (exact) mass is 428 g/mol. The summed E-state index contributed by atoms with van der Waals surface area (Å²) in [6, 6.07) is 21.9. The van der Waals surface area contributed by atoms with E-state index in [0.29, 0.717) is 24.9 Å². The summed E-state index contributed by atoms with van der Waals surface area (Å²) in [4.78, 5) is 9.82. The minimum Gasteiger partial charge on any atom is -0.469 e. The molecule has 162 valence electrons. The van der Waals surface area contributed by atoms with Crippen LogP contribution in [0.15, 0.2) is 78.1 Å². The highest BCUT2D eigenvalue weighted by atomic mass is 16.6. The summed E-state index contributed by atoms with van der Waals surface area (Å²) in [7, 11) is 0. The second kappa shape index (κ2) is 10.3. The molecule has 0 aliphatic rings. The van der Waals surface area contributed by atoms with Gasteiger partial charge in [-0.05, 0) is 41.5 Å². The Morgan fingerprint density at radius 1 is 0.938 bits per heavy atom. The first-order chi connectivity index (χ1) is 15.7. The van der Waals surface area contributed by atoms with Gasteiger partial charge in [-0.2, -0.15) is 0 Å². The average Bonchev–Trinajstić information content (AvgIpc) is 3.27. The van der Waals surface area contributed by atoms with E-state index in [1.807, 2.05) is 55.5 Å². The van der Waals surface area contributed by atoms with E-state index < -0.39 is 0 Å². The molecule has 4 rings (SSSR count). The smallest absolute Gasteiger partial charge is 0.213 e. The molecular weight excluding hydrogens is 404 g/mol. The van der Waals surface area contributed by atoms with Crippen LogP contribution in [0.25, 0.3) is 0 Å². The first-order valence-electron chi connectivity index (χ1n) is 10.3. The standard InChI is InChI=1S/C24H24N6O2/c1-18-8-10-21(11-9-18)16-32-27-19(2)22-12-13-24(25-14-22)31-17-23-26-28-29-30(23)15-20-6-4-3-5-7-20/h3-14H,15-17H2,1-2H3/b27-19+. The summed E-state index contributed by atoms with van der Waals surface area (Å²) in [6.45, 7) is 5.16. The number of tetrazole rings is 1. The van der Waals surface area contributed by atoms with Gasteiger partial charge in [-0.15, -0.1) is 5.10 Å². The van der Waals surface area contributed by atoms with E-state index in [4.69, 9.17) is 9.57 Å². The lowest BCUT2D eigenvalue weighted by atomic mass is 10.2. The van der Waals surface area contributed by atoms with Gasteiger partial charge in [0.15, 0.2) is 12.4 Å². The third kappa shape index (κ3) is 5.75. The van der Waals surface area contributed by atoms with Gasteiger partial charge in [0.1, 0.15) is 6.61 Å². The van der Waals surface area contributed by atoms with Gasteiger partial charge in [-0.25, -0.2) is 9.67 Å². The topological polar surface area (TPSA) is 87.3 Å². The van der Waals surface area contributed by atoms with E-state index in [9.17, 15) is 0 Å². The van der Waals surface area contributed by atoms with Crippen molar-refractivity contribution in [2.24, 2.45) is 5.16 Å². The van der Waals surface area contributed by atoms with Crippen LogP contribution in [0.2, 0.25) is 0 Å². The van der Waals surface area contributed by atoms with Crippen LogP contribution in [-0.4, -0.2) is 30.9 Å². The molecular formula is C24H24N6O2. The summed E-state index contributed by atoms with van der Waals surface area (Å²) >= 11 is 0. The number of oxime groups is 1. The van der Waals surface area contributed by atoms with Gasteiger partial charge in [0, 0.05) is 17.8 Å². The van der Waals surface area contributed by atoms with Crippen LogP contribution >= 0.6 is 0 Å². The maximum atomic E-state index is 5.77. The molecule has 0 amide bonds. The maximum Gasteiger partial charge on any atom is 0.213 e. The minimum atomic E-state index is 0.221. The second-order valence-corrected chi connectivity index (χ2v) is 7.35. The molecule has 0 atom stereocenters. The van der Waals surface area contributed by atoms with E-state index in [-0.39, 0.29) is 6.61 Å². The van der Waals surface area contributed by atoms with Crippen LogP contribution in [0.1, 0.15) is 35.0 Å². The van der Waals surface area contributed by atoms with Crippen molar-refractivity contribution in [3.05, 3.63) is 101 Å². The zero-order chi connectivity index (χ0) is 22.2. The zero-order valence-electron chi connectivity index (χ0n) is 18.0. The number of rotatable bonds is 9. The predicted octanol–water partition coefficient (Wildman–Crippen LogP) is 3.94. The molecule has 8 heteroatoms. The first kappa shape index (κ1) is 21.2. The van der Waals surface area contributed by atoms with Crippen molar-refractivity contribution in [2.75, 3.05) is 0 Å². The summed E-state index contributed by atoms with van der Waals surface area (Å²) in [5.41, 5.74) is 5.00. The summed E-state index contributed by atoms with van der Waals surface area (Å²) in [5, 5.41) is 16.0. The molecule has 2 aromatic heterocycles. The molecule has 0 fully saturated rings.